The first-order valence-electron chi connectivity index (χ1n) is 5.07. The average molecular weight is 184 g/mol. The maximum Gasteiger partial charge on any atom is 0.235 e. The fraction of sp³-hybridized carbons (Fsp3) is 0.900. The molecule has 1 rings (SSSR count). The number of nitrogens with zero attached hydrogens (tertiary/aromatic N) is 1. The molecule has 0 bridgehead atoms. The summed E-state index contributed by atoms with van der Waals surface area (Å²) in [6.07, 6.45) is 2.12. The summed E-state index contributed by atoms with van der Waals surface area (Å²) in [6.45, 7) is 9.08. The van der Waals surface area contributed by atoms with Crippen LogP contribution in [0.2, 0.25) is 0 Å². The second-order valence-electron chi connectivity index (χ2n) is 4.29. The maximum atomic E-state index is 11.3. The Labute approximate surface area is 80.5 Å². The summed E-state index contributed by atoms with van der Waals surface area (Å²) >= 11 is 0. The highest BCUT2D eigenvalue weighted by atomic mass is 16.2. The molecule has 76 valence electrons. The number of nitrogens with one attached hydrogen (secondary N) is 1. The van der Waals surface area contributed by atoms with Crippen LogP contribution in [0.1, 0.15) is 40.5 Å². The van der Waals surface area contributed by atoms with Gasteiger partial charge < -0.3 is 5.32 Å². The third kappa shape index (κ3) is 2.02. The lowest BCUT2D eigenvalue weighted by Gasteiger charge is -2.36. The molecule has 0 aromatic heterocycles. The van der Waals surface area contributed by atoms with Crippen LogP contribution >= 0.6 is 0 Å². The van der Waals surface area contributed by atoms with Crippen molar-refractivity contribution >= 4 is 5.91 Å². The van der Waals surface area contributed by atoms with E-state index in [1.807, 2.05) is 0 Å². The van der Waals surface area contributed by atoms with Crippen molar-refractivity contribution in [1.29, 1.82) is 0 Å². The molecule has 1 aliphatic heterocycles. The summed E-state index contributed by atoms with van der Waals surface area (Å²) in [5.74, 6) is 0.157. The minimum atomic E-state index is -0.111. The van der Waals surface area contributed by atoms with Crippen LogP contribution in [0.3, 0.4) is 0 Å². The molecule has 0 aromatic rings. The highest BCUT2D eigenvalue weighted by molar-refractivity contribution is 5.81. The number of carbonyl (C=O) groups excluding carboxylic acids is 1. The Morgan fingerprint density at radius 2 is 2.23 bits per heavy atom. The van der Waals surface area contributed by atoms with Crippen molar-refractivity contribution in [2.24, 2.45) is 0 Å². The van der Waals surface area contributed by atoms with Gasteiger partial charge in [0, 0.05) is 6.04 Å². The molecule has 1 aliphatic rings. The second-order valence-corrected chi connectivity index (χ2v) is 4.29. The fourth-order valence-corrected chi connectivity index (χ4v) is 2.19. The predicted molar refractivity (Wildman–Crippen MR) is 53.3 cm³/mol. The molecule has 0 saturated carbocycles. The highest BCUT2D eigenvalue weighted by Gasteiger charge is 2.40. The SMILES string of the molecule is CCCC1(C)NC(=O)CN1C(C)C. The van der Waals surface area contributed by atoms with Crippen molar-refractivity contribution in [3.63, 3.8) is 0 Å². The van der Waals surface area contributed by atoms with Gasteiger partial charge >= 0.3 is 0 Å². The summed E-state index contributed by atoms with van der Waals surface area (Å²) in [7, 11) is 0. The first-order chi connectivity index (χ1) is 5.99. The Hall–Kier alpha value is -0.570. The van der Waals surface area contributed by atoms with E-state index < -0.39 is 0 Å². The first kappa shape index (κ1) is 10.5. The molecule has 0 aliphatic carbocycles. The molecule has 0 spiro atoms. The van der Waals surface area contributed by atoms with Crippen LogP contribution in [0.5, 0.6) is 0 Å². The van der Waals surface area contributed by atoms with Gasteiger partial charge in [-0.05, 0) is 27.2 Å². The maximum absolute atomic E-state index is 11.3. The Bertz CT molecular complexity index is 203. The Morgan fingerprint density at radius 3 is 2.69 bits per heavy atom. The number of rotatable bonds is 3. The van der Waals surface area contributed by atoms with Gasteiger partial charge in [0.1, 0.15) is 0 Å². The minimum Gasteiger partial charge on any atom is -0.337 e. The molecule has 0 aromatic carbocycles. The van der Waals surface area contributed by atoms with Gasteiger partial charge in [-0.1, -0.05) is 13.3 Å². The fourth-order valence-electron chi connectivity index (χ4n) is 2.19. The predicted octanol–water partition coefficient (Wildman–Crippen LogP) is 1.34. The molecule has 1 unspecified atom stereocenters. The van der Waals surface area contributed by atoms with E-state index >= 15 is 0 Å². The third-order valence-corrected chi connectivity index (χ3v) is 2.72. The van der Waals surface area contributed by atoms with Gasteiger partial charge in [0.05, 0.1) is 12.2 Å². The molecule has 1 heterocycles. The second kappa shape index (κ2) is 3.66. The molecule has 1 fully saturated rings. The summed E-state index contributed by atoms with van der Waals surface area (Å²) in [4.78, 5) is 13.5. The van der Waals surface area contributed by atoms with Gasteiger partial charge in [-0.2, -0.15) is 0 Å². The van der Waals surface area contributed by atoms with E-state index in [1.54, 1.807) is 0 Å². The van der Waals surface area contributed by atoms with Crippen LogP contribution in [0.25, 0.3) is 0 Å². The molecule has 1 atom stereocenters. The first-order valence-corrected chi connectivity index (χ1v) is 5.07. The Morgan fingerprint density at radius 1 is 1.62 bits per heavy atom. The van der Waals surface area contributed by atoms with E-state index in [2.05, 4.69) is 37.9 Å². The molecule has 3 heteroatoms. The smallest absolute Gasteiger partial charge is 0.235 e. The zero-order valence-corrected chi connectivity index (χ0v) is 9.05. The van der Waals surface area contributed by atoms with Gasteiger partial charge in [0.2, 0.25) is 5.91 Å². The topological polar surface area (TPSA) is 32.3 Å². The Kier molecular flexibility index (Phi) is 2.96. The van der Waals surface area contributed by atoms with Gasteiger partial charge in [0.25, 0.3) is 0 Å². The Balaban J connectivity index is 2.75. The molecule has 1 amide bonds. The van der Waals surface area contributed by atoms with Gasteiger partial charge in [-0.15, -0.1) is 0 Å². The zero-order valence-electron chi connectivity index (χ0n) is 9.05. The van der Waals surface area contributed by atoms with Crippen molar-refractivity contribution in [2.75, 3.05) is 6.54 Å². The van der Waals surface area contributed by atoms with Gasteiger partial charge in [-0.3, -0.25) is 9.69 Å². The largest absolute Gasteiger partial charge is 0.337 e. The van der Waals surface area contributed by atoms with Crippen molar-refractivity contribution in [1.82, 2.24) is 10.2 Å². The third-order valence-electron chi connectivity index (χ3n) is 2.72. The monoisotopic (exact) mass is 184 g/mol. The van der Waals surface area contributed by atoms with Crippen molar-refractivity contribution in [3.8, 4) is 0 Å². The van der Waals surface area contributed by atoms with Crippen LogP contribution in [0, 0.1) is 0 Å². The summed E-state index contributed by atoms with van der Waals surface area (Å²) in [6, 6.07) is 0.426. The standard InChI is InChI=1S/C10H20N2O/c1-5-6-10(4)11-9(13)7-12(10)8(2)3/h8H,5-7H2,1-4H3,(H,11,13). The lowest BCUT2D eigenvalue weighted by molar-refractivity contribution is -0.119. The van der Waals surface area contributed by atoms with Crippen molar-refractivity contribution in [3.05, 3.63) is 0 Å². The summed E-state index contributed by atoms with van der Waals surface area (Å²) < 4.78 is 0. The average Bonchev–Trinajstić information content (AvgIpc) is 2.26. The molecular formula is C10H20N2O. The van der Waals surface area contributed by atoms with Crippen LogP contribution < -0.4 is 5.32 Å². The molecule has 3 nitrogen and oxygen atoms in total. The van der Waals surface area contributed by atoms with Crippen molar-refractivity contribution in [2.45, 2.75) is 52.2 Å². The summed E-state index contributed by atoms with van der Waals surface area (Å²) in [5, 5.41) is 3.05. The molecule has 0 radical (unpaired) electrons. The summed E-state index contributed by atoms with van der Waals surface area (Å²) in [5.41, 5.74) is -0.111. The van der Waals surface area contributed by atoms with E-state index in [-0.39, 0.29) is 11.6 Å². The molecule has 1 saturated heterocycles. The minimum absolute atomic E-state index is 0.111. The van der Waals surface area contributed by atoms with Gasteiger partial charge in [-0.25, -0.2) is 0 Å². The molecule has 1 N–H and O–H groups in total. The van der Waals surface area contributed by atoms with E-state index in [0.717, 1.165) is 12.8 Å². The van der Waals surface area contributed by atoms with Crippen LogP contribution in [0.15, 0.2) is 0 Å². The van der Waals surface area contributed by atoms with E-state index in [9.17, 15) is 4.79 Å². The number of carbonyl (C=O) groups is 1. The van der Waals surface area contributed by atoms with Crippen molar-refractivity contribution < 1.29 is 4.79 Å². The number of hydrogen-bond acceptors (Lipinski definition) is 2. The number of hydrogen-bond donors (Lipinski definition) is 1. The molecule has 13 heavy (non-hydrogen) atoms. The van der Waals surface area contributed by atoms with E-state index in [1.165, 1.54) is 0 Å². The highest BCUT2D eigenvalue weighted by Crippen LogP contribution is 2.24. The van der Waals surface area contributed by atoms with Gasteiger partial charge in [0.15, 0.2) is 0 Å². The van der Waals surface area contributed by atoms with Crippen LogP contribution in [0.4, 0.5) is 0 Å². The normalized spacial score (nSPS) is 29.8. The zero-order chi connectivity index (χ0) is 10.1. The van der Waals surface area contributed by atoms with E-state index in [4.69, 9.17) is 0 Å². The molecular weight excluding hydrogens is 164 g/mol. The quantitative estimate of drug-likeness (QED) is 0.718. The van der Waals surface area contributed by atoms with E-state index in [0.29, 0.717) is 12.6 Å². The number of amides is 1. The lowest BCUT2D eigenvalue weighted by Crippen LogP contribution is -2.51. The van der Waals surface area contributed by atoms with Crippen LogP contribution in [-0.2, 0) is 4.79 Å². The van der Waals surface area contributed by atoms with Crippen LogP contribution in [-0.4, -0.2) is 29.1 Å². The lowest BCUT2D eigenvalue weighted by atomic mass is 10.0.